The van der Waals surface area contributed by atoms with Crippen molar-refractivity contribution in [3.8, 4) is 5.75 Å². The summed E-state index contributed by atoms with van der Waals surface area (Å²) < 4.78 is 6.54. The second-order valence-corrected chi connectivity index (χ2v) is 6.52. The quantitative estimate of drug-likeness (QED) is 0.546. The third-order valence-electron chi connectivity index (χ3n) is 4.49. The Morgan fingerprint density at radius 2 is 1.93 bits per heavy atom. The Hall–Kier alpha value is -4.01. The van der Waals surface area contributed by atoms with Gasteiger partial charge in [0.05, 0.1) is 19.2 Å². The zero-order chi connectivity index (χ0) is 20.5. The molecule has 9 heteroatoms. The average molecular weight is 391 g/mol. The lowest BCUT2D eigenvalue weighted by atomic mass is 10.2. The maximum absolute atomic E-state index is 12.9. The van der Waals surface area contributed by atoms with Crippen LogP contribution >= 0.6 is 0 Å². The van der Waals surface area contributed by atoms with Crippen LogP contribution in [-0.4, -0.2) is 33.0 Å². The Labute approximate surface area is 163 Å². The summed E-state index contributed by atoms with van der Waals surface area (Å²) >= 11 is 0. The number of H-pyrrole nitrogens is 1. The van der Waals surface area contributed by atoms with Crippen LogP contribution in [0, 0.1) is 0 Å². The molecule has 0 aliphatic rings. The van der Waals surface area contributed by atoms with E-state index in [1.165, 1.54) is 11.6 Å². The standard InChI is InChI=1S/C20H17N5O4/c1-11(26)21-13-5-8-15-16(9-13)22-20(28)18-17(19(15)27)23-24-25(18)10-12-3-6-14(29-2)7-4-12/h3-9H,10H2,1-2H3,(H,21,26)(H,22,28). The minimum absolute atomic E-state index is 0.0120. The van der Waals surface area contributed by atoms with E-state index in [1.807, 2.05) is 12.1 Å². The summed E-state index contributed by atoms with van der Waals surface area (Å²) in [4.78, 5) is 39.8. The van der Waals surface area contributed by atoms with Crippen molar-refractivity contribution in [3.05, 3.63) is 68.6 Å². The maximum atomic E-state index is 12.9. The number of ether oxygens (including phenoxy) is 1. The third-order valence-corrected chi connectivity index (χ3v) is 4.49. The number of carbonyl (C=O) groups is 1. The van der Waals surface area contributed by atoms with Gasteiger partial charge in [-0.2, -0.15) is 0 Å². The second-order valence-electron chi connectivity index (χ2n) is 6.52. The zero-order valence-corrected chi connectivity index (χ0v) is 15.7. The number of fused-ring (bicyclic) bond motifs is 2. The number of aromatic nitrogens is 4. The molecule has 0 unspecified atom stereocenters. The summed E-state index contributed by atoms with van der Waals surface area (Å²) in [6, 6.07) is 12.0. The Morgan fingerprint density at radius 1 is 1.17 bits per heavy atom. The Kier molecular flexibility index (Phi) is 4.55. The molecule has 0 atom stereocenters. The molecule has 4 rings (SSSR count). The molecule has 2 N–H and O–H groups in total. The van der Waals surface area contributed by atoms with Crippen LogP contribution in [0.3, 0.4) is 0 Å². The van der Waals surface area contributed by atoms with Gasteiger partial charge in [-0.1, -0.05) is 17.3 Å². The SMILES string of the molecule is COc1ccc(Cn2nnc3c(=O)c4ccc(NC(C)=O)cc4[nH]c(=O)c32)cc1. The van der Waals surface area contributed by atoms with Crippen molar-refractivity contribution < 1.29 is 9.53 Å². The molecular formula is C20H17N5O4. The first-order chi connectivity index (χ1) is 14.0. The topological polar surface area (TPSA) is 119 Å². The van der Waals surface area contributed by atoms with Crippen LogP contribution in [0.5, 0.6) is 5.75 Å². The average Bonchev–Trinajstić information content (AvgIpc) is 3.07. The van der Waals surface area contributed by atoms with Gasteiger partial charge in [-0.3, -0.25) is 14.4 Å². The normalized spacial score (nSPS) is 11.0. The second kappa shape index (κ2) is 7.19. The number of rotatable bonds is 4. The molecule has 0 saturated heterocycles. The molecule has 0 spiro atoms. The molecule has 0 radical (unpaired) electrons. The van der Waals surface area contributed by atoms with Crippen molar-refractivity contribution in [2.45, 2.75) is 13.5 Å². The minimum atomic E-state index is -0.495. The first-order valence-electron chi connectivity index (χ1n) is 8.80. The summed E-state index contributed by atoms with van der Waals surface area (Å²) in [7, 11) is 1.58. The number of aromatic amines is 1. The largest absolute Gasteiger partial charge is 0.497 e. The van der Waals surface area contributed by atoms with Gasteiger partial charge in [-0.15, -0.1) is 5.10 Å². The molecule has 0 aliphatic heterocycles. The predicted octanol–water partition coefficient (Wildman–Crippen LogP) is 1.65. The highest BCUT2D eigenvalue weighted by atomic mass is 16.5. The molecule has 9 nitrogen and oxygen atoms in total. The van der Waals surface area contributed by atoms with Crippen LogP contribution < -0.4 is 21.0 Å². The summed E-state index contributed by atoms with van der Waals surface area (Å²) in [6.07, 6.45) is 0. The van der Waals surface area contributed by atoms with E-state index < -0.39 is 11.0 Å². The Balaban J connectivity index is 1.88. The zero-order valence-electron chi connectivity index (χ0n) is 15.7. The van der Waals surface area contributed by atoms with E-state index in [2.05, 4.69) is 20.6 Å². The van der Waals surface area contributed by atoms with Gasteiger partial charge >= 0.3 is 0 Å². The molecule has 1 amide bonds. The third kappa shape index (κ3) is 3.45. The predicted molar refractivity (Wildman–Crippen MR) is 108 cm³/mol. The smallest absolute Gasteiger partial charge is 0.276 e. The monoisotopic (exact) mass is 391 g/mol. The van der Waals surface area contributed by atoms with E-state index >= 15 is 0 Å². The van der Waals surface area contributed by atoms with E-state index in [4.69, 9.17) is 4.74 Å². The molecule has 0 saturated carbocycles. The fourth-order valence-corrected chi connectivity index (χ4v) is 3.14. The molecule has 146 valence electrons. The van der Waals surface area contributed by atoms with Crippen molar-refractivity contribution in [2.24, 2.45) is 0 Å². The molecule has 29 heavy (non-hydrogen) atoms. The summed E-state index contributed by atoms with van der Waals surface area (Å²) in [5, 5.41) is 10.9. The molecule has 2 heterocycles. The van der Waals surface area contributed by atoms with Crippen molar-refractivity contribution in [1.29, 1.82) is 0 Å². The lowest BCUT2D eigenvalue weighted by Crippen LogP contribution is -2.11. The Bertz CT molecular complexity index is 1360. The van der Waals surface area contributed by atoms with Crippen molar-refractivity contribution in [3.63, 3.8) is 0 Å². The first-order valence-corrected chi connectivity index (χ1v) is 8.80. The molecule has 4 aromatic rings. The van der Waals surface area contributed by atoms with Gasteiger partial charge in [0, 0.05) is 18.0 Å². The van der Waals surface area contributed by atoms with Gasteiger partial charge in [0.2, 0.25) is 11.3 Å². The van der Waals surface area contributed by atoms with E-state index in [9.17, 15) is 14.4 Å². The number of amides is 1. The summed E-state index contributed by atoms with van der Waals surface area (Å²) in [5.41, 5.74) is 0.816. The van der Waals surface area contributed by atoms with E-state index in [1.54, 1.807) is 37.4 Å². The van der Waals surface area contributed by atoms with Crippen LogP contribution in [0.15, 0.2) is 52.1 Å². The molecule has 0 bridgehead atoms. The van der Waals surface area contributed by atoms with Gasteiger partial charge in [0.25, 0.3) is 5.56 Å². The van der Waals surface area contributed by atoms with Crippen molar-refractivity contribution >= 4 is 33.5 Å². The van der Waals surface area contributed by atoms with Crippen LogP contribution in [-0.2, 0) is 11.3 Å². The number of hydrogen-bond donors (Lipinski definition) is 2. The fourth-order valence-electron chi connectivity index (χ4n) is 3.14. The van der Waals surface area contributed by atoms with Gasteiger partial charge in [0.15, 0.2) is 11.0 Å². The highest BCUT2D eigenvalue weighted by molar-refractivity contribution is 5.93. The molecule has 0 aliphatic carbocycles. The number of anilines is 1. The number of nitrogens with zero attached hydrogens (tertiary/aromatic N) is 3. The van der Waals surface area contributed by atoms with Gasteiger partial charge in [0.1, 0.15) is 5.75 Å². The van der Waals surface area contributed by atoms with Crippen LogP contribution in [0.1, 0.15) is 12.5 Å². The Morgan fingerprint density at radius 3 is 2.62 bits per heavy atom. The van der Waals surface area contributed by atoms with Crippen LogP contribution in [0.2, 0.25) is 0 Å². The molecule has 2 aromatic carbocycles. The van der Waals surface area contributed by atoms with E-state index in [0.717, 1.165) is 5.56 Å². The summed E-state index contributed by atoms with van der Waals surface area (Å²) in [5.74, 6) is 0.459. The van der Waals surface area contributed by atoms with Gasteiger partial charge in [-0.25, -0.2) is 4.68 Å². The number of benzene rings is 2. The molecular weight excluding hydrogens is 374 g/mol. The van der Waals surface area contributed by atoms with E-state index in [0.29, 0.717) is 17.0 Å². The summed E-state index contributed by atoms with van der Waals surface area (Å²) in [6.45, 7) is 1.64. The highest BCUT2D eigenvalue weighted by Gasteiger charge is 2.14. The minimum Gasteiger partial charge on any atom is -0.497 e. The van der Waals surface area contributed by atoms with Gasteiger partial charge in [-0.05, 0) is 35.9 Å². The number of carbonyl (C=O) groups excluding carboxylic acids is 1. The lowest BCUT2D eigenvalue weighted by Gasteiger charge is -2.03. The van der Waals surface area contributed by atoms with E-state index in [-0.39, 0.29) is 28.9 Å². The first kappa shape index (κ1) is 18.4. The fraction of sp³-hybridized carbons (Fsp3) is 0.150. The number of methoxy groups -OCH3 is 1. The van der Waals surface area contributed by atoms with Crippen LogP contribution in [0.25, 0.3) is 21.9 Å². The maximum Gasteiger partial charge on any atom is 0.276 e. The van der Waals surface area contributed by atoms with Crippen molar-refractivity contribution in [2.75, 3.05) is 12.4 Å². The number of nitrogens with one attached hydrogen (secondary N) is 2. The van der Waals surface area contributed by atoms with Crippen molar-refractivity contribution in [1.82, 2.24) is 20.0 Å². The highest BCUT2D eigenvalue weighted by Crippen LogP contribution is 2.16. The number of hydrogen-bond acceptors (Lipinski definition) is 6. The molecule has 0 fully saturated rings. The van der Waals surface area contributed by atoms with Gasteiger partial charge < -0.3 is 15.0 Å². The van der Waals surface area contributed by atoms with Crippen LogP contribution in [0.4, 0.5) is 5.69 Å². The lowest BCUT2D eigenvalue weighted by molar-refractivity contribution is -0.114. The molecule has 2 aromatic heterocycles.